The average Bonchev–Trinajstić information content (AvgIpc) is 2.35. The van der Waals surface area contributed by atoms with Gasteiger partial charge in [0.1, 0.15) is 0 Å². The minimum absolute atomic E-state index is 0.366. The Bertz CT molecular complexity index is 170. The van der Waals surface area contributed by atoms with Gasteiger partial charge in [-0.1, -0.05) is 26.1 Å². The summed E-state index contributed by atoms with van der Waals surface area (Å²) in [6.07, 6.45) is 1.32. The van der Waals surface area contributed by atoms with Gasteiger partial charge in [0.15, 0.2) is 0 Å². The molecule has 12 heavy (non-hydrogen) atoms. The molecular formula is C9H18N2S. The molecule has 2 atom stereocenters. The second kappa shape index (κ2) is 4.19. The van der Waals surface area contributed by atoms with Gasteiger partial charge >= 0.3 is 0 Å². The lowest BCUT2D eigenvalue weighted by Crippen LogP contribution is -2.32. The van der Waals surface area contributed by atoms with Crippen LogP contribution in [-0.4, -0.2) is 29.5 Å². The van der Waals surface area contributed by atoms with Gasteiger partial charge in [-0.2, -0.15) is 0 Å². The second-order valence-corrected chi connectivity index (χ2v) is 4.43. The van der Waals surface area contributed by atoms with Crippen LogP contribution < -0.4 is 5.73 Å². The standard InChI is InChI=1S/C9H18N2S/c1-7-3-4-11(5-7)6-8(2)9(10)12/h7-8H,3-6H2,1-2H3,(H2,10,12). The minimum Gasteiger partial charge on any atom is -0.393 e. The fourth-order valence-electron chi connectivity index (χ4n) is 1.67. The lowest BCUT2D eigenvalue weighted by molar-refractivity contribution is 0.309. The Balaban J connectivity index is 2.27. The SMILES string of the molecule is CC1CCN(CC(C)C(N)=S)C1. The first-order valence-electron chi connectivity index (χ1n) is 4.61. The van der Waals surface area contributed by atoms with Crippen LogP contribution in [-0.2, 0) is 0 Å². The van der Waals surface area contributed by atoms with Gasteiger partial charge in [0.05, 0.1) is 4.99 Å². The molecular weight excluding hydrogens is 168 g/mol. The van der Waals surface area contributed by atoms with Crippen molar-refractivity contribution in [3.05, 3.63) is 0 Å². The van der Waals surface area contributed by atoms with Crippen LogP contribution in [0.25, 0.3) is 0 Å². The summed E-state index contributed by atoms with van der Waals surface area (Å²) in [6, 6.07) is 0. The van der Waals surface area contributed by atoms with Gasteiger partial charge in [0, 0.05) is 19.0 Å². The van der Waals surface area contributed by atoms with Gasteiger partial charge in [-0.25, -0.2) is 0 Å². The largest absolute Gasteiger partial charge is 0.393 e. The zero-order valence-electron chi connectivity index (χ0n) is 7.92. The number of hydrogen-bond acceptors (Lipinski definition) is 2. The molecule has 1 fully saturated rings. The van der Waals surface area contributed by atoms with Gasteiger partial charge in [0.25, 0.3) is 0 Å². The van der Waals surface area contributed by atoms with Crippen LogP contribution in [0.1, 0.15) is 20.3 Å². The highest BCUT2D eigenvalue weighted by molar-refractivity contribution is 7.80. The van der Waals surface area contributed by atoms with Crippen LogP contribution in [0.15, 0.2) is 0 Å². The Morgan fingerprint density at radius 2 is 2.42 bits per heavy atom. The second-order valence-electron chi connectivity index (χ2n) is 3.96. The molecule has 70 valence electrons. The van der Waals surface area contributed by atoms with Crippen molar-refractivity contribution in [1.29, 1.82) is 0 Å². The van der Waals surface area contributed by atoms with E-state index in [2.05, 4.69) is 18.7 Å². The van der Waals surface area contributed by atoms with E-state index in [9.17, 15) is 0 Å². The molecule has 2 unspecified atom stereocenters. The molecule has 2 nitrogen and oxygen atoms in total. The van der Waals surface area contributed by atoms with E-state index < -0.39 is 0 Å². The highest BCUT2D eigenvalue weighted by atomic mass is 32.1. The Labute approximate surface area is 80.1 Å². The molecule has 0 amide bonds. The van der Waals surface area contributed by atoms with Crippen molar-refractivity contribution in [3.63, 3.8) is 0 Å². The monoisotopic (exact) mass is 186 g/mol. The first-order chi connectivity index (χ1) is 5.59. The first kappa shape index (κ1) is 9.93. The number of thiocarbonyl (C=S) groups is 1. The molecule has 1 aliphatic heterocycles. The molecule has 2 N–H and O–H groups in total. The van der Waals surface area contributed by atoms with Gasteiger partial charge in [-0.05, 0) is 18.9 Å². The third-order valence-corrected chi connectivity index (χ3v) is 2.93. The lowest BCUT2D eigenvalue weighted by atomic mass is 10.1. The molecule has 0 saturated carbocycles. The predicted molar refractivity (Wildman–Crippen MR) is 56.2 cm³/mol. The lowest BCUT2D eigenvalue weighted by Gasteiger charge is -2.19. The summed E-state index contributed by atoms with van der Waals surface area (Å²) in [7, 11) is 0. The van der Waals surface area contributed by atoms with E-state index in [1.807, 2.05) is 0 Å². The van der Waals surface area contributed by atoms with Crippen molar-refractivity contribution < 1.29 is 0 Å². The highest BCUT2D eigenvalue weighted by Gasteiger charge is 2.20. The topological polar surface area (TPSA) is 29.3 Å². The van der Waals surface area contributed by atoms with Crippen molar-refractivity contribution in [2.45, 2.75) is 20.3 Å². The Hall–Kier alpha value is -0.150. The summed E-state index contributed by atoms with van der Waals surface area (Å²) in [6.45, 7) is 7.87. The Morgan fingerprint density at radius 1 is 1.75 bits per heavy atom. The molecule has 1 aliphatic rings. The van der Waals surface area contributed by atoms with Crippen LogP contribution >= 0.6 is 12.2 Å². The number of hydrogen-bond donors (Lipinski definition) is 1. The summed E-state index contributed by atoms with van der Waals surface area (Å²) in [5, 5.41) is 0. The average molecular weight is 186 g/mol. The Morgan fingerprint density at radius 3 is 2.83 bits per heavy atom. The molecule has 0 aromatic rings. The summed E-state index contributed by atoms with van der Waals surface area (Å²) in [5.74, 6) is 1.22. The highest BCUT2D eigenvalue weighted by Crippen LogP contribution is 2.16. The number of nitrogens with zero attached hydrogens (tertiary/aromatic N) is 1. The van der Waals surface area contributed by atoms with Crippen LogP contribution in [0.5, 0.6) is 0 Å². The normalized spacial score (nSPS) is 27.3. The maximum absolute atomic E-state index is 5.55. The smallest absolute Gasteiger partial charge is 0.0768 e. The fourth-order valence-corrected chi connectivity index (χ4v) is 1.74. The molecule has 1 rings (SSSR count). The third-order valence-electron chi connectivity index (χ3n) is 2.53. The predicted octanol–water partition coefficient (Wildman–Crippen LogP) is 1.25. The molecule has 1 heterocycles. The van der Waals surface area contributed by atoms with Crippen LogP contribution in [0.3, 0.4) is 0 Å². The summed E-state index contributed by atoms with van der Waals surface area (Å²) in [4.78, 5) is 3.10. The van der Waals surface area contributed by atoms with Gasteiger partial charge in [-0.15, -0.1) is 0 Å². The zero-order valence-corrected chi connectivity index (χ0v) is 8.73. The molecule has 0 aliphatic carbocycles. The van der Waals surface area contributed by atoms with Gasteiger partial charge < -0.3 is 10.6 Å². The minimum atomic E-state index is 0.366. The van der Waals surface area contributed by atoms with E-state index >= 15 is 0 Å². The van der Waals surface area contributed by atoms with Crippen molar-refractivity contribution >= 4 is 17.2 Å². The molecule has 0 spiro atoms. The third kappa shape index (κ3) is 2.72. The number of nitrogens with two attached hydrogens (primary N) is 1. The fraction of sp³-hybridized carbons (Fsp3) is 0.889. The zero-order chi connectivity index (χ0) is 9.14. The number of likely N-dealkylation sites (tertiary alicyclic amines) is 1. The first-order valence-corrected chi connectivity index (χ1v) is 5.02. The van der Waals surface area contributed by atoms with Gasteiger partial charge in [0.2, 0.25) is 0 Å². The quantitative estimate of drug-likeness (QED) is 0.673. The van der Waals surface area contributed by atoms with Crippen molar-refractivity contribution in [1.82, 2.24) is 4.90 Å². The van der Waals surface area contributed by atoms with Crippen molar-refractivity contribution in [3.8, 4) is 0 Å². The summed E-state index contributed by atoms with van der Waals surface area (Å²) >= 11 is 4.93. The van der Waals surface area contributed by atoms with Gasteiger partial charge in [-0.3, -0.25) is 0 Å². The molecule has 3 heteroatoms. The van der Waals surface area contributed by atoms with Crippen molar-refractivity contribution in [2.24, 2.45) is 17.6 Å². The molecule has 0 aromatic heterocycles. The maximum Gasteiger partial charge on any atom is 0.0768 e. The van der Waals surface area contributed by atoms with Crippen LogP contribution in [0.4, 0.5) is 0 Å². The summed E-state index contributed by atoms with van der Waals surface area (Å²) < 4.78 is 0. The Kier molecular flexibility index (Phi) is 3.47. The maximum atomic E-state index is 5.55. The van der Waals surface area contributed by atoms with E-state index in [-0.39, 0.29) is 0 Å². The van der Waals surface area contributed by atoms with E-state index in [4.69, 9.17) is 18.0 Å². The molecule has 0 bridgehead atoms. The van der Waals surface area contributed by atoms with E-state index in [1.165, 1.54) is 19.5 Å². The van der Waals surface area contributed by atoms with Crippen LogP contribution in [0, 0.1) is 11.8 Å². The van der Waals surface area contributed by atoms with E-state index in [0.29, 0.717) is 10.9 Å². The molecule has 1 saturated heterocycles. The van der Waals surface area contributed by atoms with Crippen molar-refractivity contribution in [2.75, 3.05) is 19.6 Å². The molecule has 0 aromatic carbocycles. The number of rotatable bonds is 3. The summed E-state index contributed by atoms with van der Waals surface area (Å²) in [5.41, 5.74) is 5.55. The van der Waals surface area contributed by atoms with Crippen LogP contribution in [0.2, 0.25) is 0 Å². The molecule has 0 radical (unpaired) electrons. The van der Waals surface area contributed by atoms with E-state index in [0.717, 1.165) is 12.5 Å². The van der Waals surface area contributed by atoms with E-state index in [1.54, 1.807) is 0 Å².